The summed E-state index contributed by atoms with van der Waals surface area (Å²) in [6.07, 6.45) is 0. The fourth-order valence-corrected chi connectivity index (χ4v) is 0. The zero-order chi connectivity index (χ0) is 3.58. The number of carbonyl (C=O) groups is 1. The van der Waals surface area contributed by atoms with E-state index in [0.29, 0.717) is 0 Å². The first-order chi connectivity index (χ1) is 1.73. The van der Waals surface area contributed by atoms with Gasteiger partial charge < -0.3 is 5.11 Å². The Kier molecular flexibility index (Phi) is 5.97. The van der Waals surface area contributed by atoms with Crippen molar-refractivity contribution in [3.63, 3.8) is 0 Å². The van der Waals surface area contributed by atoms with Gasteiger partial charge in [0.2, 0.25) is 0 Å². The first-order valence-corrected chi connectivity index (χ1v) is 0.928. The predicted octanol–water partition coefficient (Wildman–Crippen LogP) is 0.0909. The molecule has 0 fully saturated rings. The van der Waals surface area contributed by atoms with E-state index < -0.39 is 5.97 Å². The molecule has 1 N–H and O–H groups in total. The van der Waals surface area contributed by atoms with E-state index in [1.807, 2.05) is 0 Å². The molecule has 2 nitrogen and oxygen atoms in total. The summed E-state index contributed by atoms with van der Waals surface area (Å²) in [5.41, 5.74) is 0. The van der Waals surface area contributed by atoms with Gasteiger partial charge in [-0.15, -0.1) is 0 Å². The van der Waals surface area contributed by atoms with E-state index in [9.17, 15) is 0 Å². The SMILES string of the molecule is CC(=O)O.[Ne]. The Morgan fingerprint density at radius 3 is 1.80 bits per heavy atom. The molecule has 0 aliphatic heterocycles. The summed E-state index contributed by atoms with van der Waals surface area (Å²) in [6, 6.07) is 0. The van der Waals surface area contributed by atoms with Crippen molar-refractivity contribution < 1.29 is 16.1 Å². The Balaban J connectivity index is 0. The van der Waals surface area contributed by atoms with Gasteiger partial charge >= 0.3 is 0 Å². The minimum atomic E-state index is -0.833. The predicted molar refractivity (Wildman–Crippen MR) is 13.3 cm³/mol. The average molecular weight is 80.2 g/mol. The van der Waals surface area contributed by atoms with Crippen LogP contribution in [0.5, 0.6) is 0 Å². The molecular weight excluding hydrogens is 76.2 g/mol. The second kappa shape index (κ2) is 3.38. The summed E-state index contributed by atoms with van der Waals surface area (Å²) >= 11 is 0. The van der Waals surface area contributed by atoms with E-state index >= 15 is 0 Å². The van der Waals surface area contributed by atoms with Crippen molar-refractivity contribution in [2.75, 3.05) is 0 Å². The third-order valence-corrected chi connectivity index (χ3v) is 0. The van der Waals surface area contributed by atoms with Crippen LogP contribution in [0.15, 0.2) is 0 Å². The van der Waals surface area contributed by atoms with Gasteiger partial charge in [0.1, 0.15) is 0 Å². The molecule has 3 heteroatoms. The molecule has 0 unspecified atom stereocenters. The van der Waals surface area contributed by atoms with Crippen molar-refractivity contribution in [1.29, 1.82) is 0 Å². The van der Waals surface area contributed by atoms with E-state index in [1.165, 1.54) is 0 Å². The van der Waals surface area contributed by atoms with Gasteiger partial charge in [0.05, 0.1) is 0 Å². The second-order valence-corrected chi connectivity index (χ2v) is 0.519. The van der Waals surface area contributed by atoms with Crippen LogP contribution in [0, 0.1) is 6.15 Å². The summed E-state index contributed by atoms with van der Waals surface area (Å²) in [4.78, 5) is 9.00. The van der Waals surface area contributed by atoms with Crippen LogP contribution < -0.4 is 0 Å². The smallest absolute Gasteiger partial charge is 0.300 e. The van der Waals surface area contributed by atoms with Crippen molar-refractivity contribution in [2.24, 2.45) is 0 Å². The van der Waals surface area contributed by atoms with Crippen molar-refractivity contribution in [2.45, 2.75) is 6.92 Å². The second-order valence-electron chi connectivity index (χ2n) is 0.519. The zero-order valence-electron chi connectivity index (χ0n) is 2.71. The van der Waals surface area contributed by atoms with Crippen LogP contribution in [0.25, 0.3) is 0 Å². The van der Waals surface area contributed by atoms with Crippen molar-refractivity contribution in [3.05, 3.63) is 0 Å². The zero-order valence-corrected chi connectivity index (χ0v) is 2.71. The summed E-state index contributed by atoms with van der Waals surface area (Å²) in [5, 5.41) is 7.42. The number of hydrogen-bond acceptors (Lipinski definition) is 1. The van der Waals surface area contributed by atoms with E-state index in [4.69, 9.17) is 9.90 Å². The first kappa shape index (κ1) is 8.83. The molecule has 0 heterocycles. The Morgan fingerprint density at radius 2 is 1.80 bits per heavy atom. The summed E-state index contributed by atoms with van der Waals surface area (Å²) in [6.45, 7) is 1.08. The molecule has 0 aromatic carbocycles. The Morgan fingerprint density at radius 1 is 1.80 bits per heavy atom. The van der Waals surface area contributed by atoms with Gasteiger partial charge in [0.15, 0.2) is 0 Å². The van der Waals surface area contributed by atoms with Crippen molar-refractivity contribution in [3.8, 4) is 0 Å². The van der Waals surface area contributed by atoms with Crippen LogP contribution >= 0.6 is 0 Å². The largest absolute Gasteiger partial charge is 0.481 e. The van der Waals surface area contributed by atoms with Gasteiger partial charge in [0, 0.05) is 13.1 Å². The van der Waals surface area contributed by atoms with Crippen LogP contribution in [0.2, 0.25) is 0 Å². The number of carboxylic acid groups (broad SMARTS) is 1. The van der Waals surface area contributed by atoms with Gasteiger partial charge in [0.25, 0.3) is 5.97 Å². The van der Waals surface area contributed by atoms with Crippen LogP contribution in [-0.4, -0.2) is 11.1 Å². The Hall–Kier alpha value is -0.621. The molecule has 5 heavy (non-hydrogen) atoms. The molecule has 0 aromatic heterocycles. The maximum Gasteiger partial charge on any atom is 0.300 e. The molecule has 0 bridgehead atoms. The van der Waals surface area contributed by atoms with E-state index in [-0.39, 0.29) is 6.15 Å². The molecule has 32 valence electrons. The number of carboxylic acids is 1. The van der Waals surface area contributed by atoms with Gasteiger partial charge in [-0.2, -0.15) is 0 Å². The molecule has 0 saturated heterocycles. The molecule has 0 amide bonds. The molecular formula is C2H4NeO2. The maximum atomic E-state index is 9.00. The molecule has 0 aliphatic carbocycles. The van der Waals surface area contributed by atoms with E-state index in [1.54, 1.807) is 0 Å². The minimum absolute atomic E-state index is 0. The minimum Gasteiger partial charge on any atom is -0.481 e. The molecule has 0 aromatic rings. The quantitative estimate of drug-likeness (QED) is 0.448. The standard InChI is InChI=1S/C2H4O2.Ne/c1-2(3)4;/h1H3,(H,3,4);. The van der Waals surface area contributed by atoms with Crippen molar-refractivity contribution in [1.82, 2.24) is 0 Å². The Bertz CT molecular complexity index is 30.6. The fourth-order valence-electron chi connectivity index (χ4n) is 0. The molecule has 0 aliphatic rings. The van der Waals surface area contributed by atoms with Crippen LogP contribution in [0.3, 0.4) is 0 Å². The van der Waals surface area contributed by atoms with Gasteiger partial charge in [-0.25, -0.2) is 0 Å². The molecule has 0 spiro atoms. The van der Waals surface area contributed by atoms with E-state index in [0.717, 1.165) is 6.92 Å². The van der Waals surface area contributed by atoms with Crippen LogP contribution in [0.4, 0.5) is 0 Å². The third-order valence-electron chi connectivity index (χ3n) is 0. The van der Waals surface area contributed by atoms with Gasteiger partial charge in [-0.05, 0) is 0 Å². The monoisotopic (exact) mass is 80.0 g/mol. The fraction of sp³-hybridized carbons (Fsp3) is 0.500. The van der Waals surface area contributed by atoms with Gasteiger partial charge in [-0.1, -0.05) is 0 Å². The summed E-state index contributed by atoms with van der Waals surface area (Å²) in [5.74, 6) is -0.833. The number of rotatable bonds is 0. The number of hydrogen-bond donors (Lipinski definition) is 1. The molecule has 0 atom stereocenters. The van der Waals surface area contributed by atoms with Gasteiger partial charge in [-0.3, -0.25) is 4.79 Å². The van der Waals surface area contributed by atoms with Crippen LogP contribution in [0.1, 0.15) is 6.92 Å². The topological polar surface area (TPSA) is 37.3 Å². The normalized spacial score (nSPS) is 5.00. The third kappa shape index (κ3) is 16.7. The average Bonchev–Trinajstić information content (AvgIpc) is 0.811. The van der Waals surface area contributed by atoms with Crippen molar-refractivity contribution >= 4 is 5.97 Å². The first-order valence-electron chi connectivity index (χ1n) is 0.928. The van der Waals surface area contributed by atoms with Crippen LogP contribution in [-0.2, 0) is 4.79 Å². The summed E-state index contributed by atoms with van der Waals surface area (Å²) < 4.78 is 0. The summed E-state index contributed by atoms with van der Waals surface area (Å²) in [7, 11) is 0. The number of aliphatic carboxylic acids is 1. The Labute approximate surface area is 30.2 Å². The molecule has 0 radical (unpaired) electrons. The molecule has 0 saturated carbocycles. The van der Waals surface area contributed by atoms with E-state index in [2.05, 4.69) is 0 Å². The maximum absolute atomic E-state index is 9.00. The molecule has 0 rings (SSSR count).